The molecule has 33 heavy (non-hydrogen) atoms. The highest BCUT2D eigenvalue weighted by Gasteiger charge is 2.15. The molecule has 0 unspecified atom stereocenters. The fourth-order valence-electron chi connectivity index (χ4n) is 3.00. The Balaban J connectivity index is 1.49. The number of nitrogens with one attached hydrogen (secondary N) is 2. The molecule has 0 bridgehead atoms. The van der Waals surface area contributed by atoms with Crippen molar-refractivity contribution < 1.29 is 23.5 Å². The first-order valence-electron chi connectivity index (χ1n) is 10.7. The van der Waals surface area contributed by atoms with Crippen molar-refractivity contribution in [2.24, 2.45) is 5.92 Å². The van der Waals surface area contributed by atoms with E-state index in [4.69, 9.17) is 13.9 Å². The van der Waals surface area contributed by atoms with Gasteiger partial charge in [-0.15, -0.1) is 11.3 Å². The lowest BCUT2D eigenvalue weighted by molar-refractivity contribution is -0.120. The molecular weight excluding hydrogens is 442 g/mol. The van der Waals surface area contributed by atoms with Crippen LogP contribution in [0.2, 0.25) is 0 Å². The van der Waals surface area contributed by atoms with Crippen LogP contribution in [0.25, 0.3) is 0 Å². The molecule has 0 aliphatic rings. The predicted octanol–water partition coefficient (Wildman–Crippen LogP) is 4.59. The van der Waals surface area contributed by atoms with Gasteiger partial charge in [-0.3, -0.25) is 14.9 Å². The number of benzene rings is 1. The molecule has 176 valence electrons. The van der Waals surface area contributed by atoms with Gasteiger partial charge in [0.05, 0.1) is 37.7 Å². The van der Waals surface area contributed by atoms with Gasteiger partial charge in [-0.2, -0.15) is 0 Å². The van der Waals surface area contributed by atoms with Crippen molar-refractivity contribution in [2.45, 2.75) is 40.2 Å². The summed E-state index contributed by atoms with van der Waals surface area (Å²) < 4.78 is 16.4. The number of carbonyl (C=O) groups excluding carboxylic acids is 2. The standard InChI is InChI=1S/C24H29N3O5S/c1-15(2)7-9-32-20-6-5-17(11-21(20)30-4)13-25-22(28)12-18-14-33-24(26-18)27-23(29)19-8-10-31-16(19)3/h5-6,8,10-11,14-15H,7,9,12-13H2,1-4H3,(H,25,28)(H,26,27,29). The molecule has 2 amide bonds. The molecule has 8 nitrogen and oxygen atoms in total. The highest BCUT2D eigenvalue weighted by molar-refractivity contribution is 7.14. The van der Waals surface area contributed by atoms with Crippen LogP contribution in [0.5, 0.6) is 11.5 Å². The smallest absolute Gasteiger partial charge is 0.260 e. The number of ether oxygens (including phenoxy) is 2. The van der Waals surface area contributed by atoms with Crippen LogP contribution in [0.3, 0.4) is 0 Å². The summed E-state index contributed by atoms with van der Waals surface area (Å²) in [5, 5.41) is 7.80. The van der Waals surface area contributed by atoms with Crippen molar-refractivity contribution >= 4 is 28.3 Å². The second-order valence-corrected chi connectivity index (χ2v) is 8.82. The largest absolute Gasteiger partial charge is 0.493 e. The summed E-state index contributed by atoms with van der Waals surface area (Å²) in [6, 6.07) is 7.23. The first-order chi connectivity index (χ1) is 15.9. The number of nitrogens with zero attached hydrogens (tertiary/aromatic N) is 1. The van der Waals surface area contributed by atoms with E-state index in [-0.39, 0.29) is 18.2 Å². The fraction of sp³-hybridized carbons (Fsp3) is 0.375. The van der Waals surface area contributed by atoms with Crippen LogP contribution in [-0.4, -0.2) is 30.5 Å². The molecule has 1 aromatic carbocycles. The summed E-state index contributed by atoms with van der Waals surface area (Å²) >= 11 is 1.27. The lowest BCUT2D eigenvalue weighted by Crippen LogP contribution is -2.24. The van der Waals surface area contributed by atoms with Crippen LogP contribution < -0.4 is 20.1 Å². The van der Waals surface area contributed by atoms with Crippen molar-refractivity contribution in [3.05, 3.63) is 58.5 Å². The molecule has 3 aromatic rings. The number of furan rings is 1. The molecule has 2 heterocycles. The van der Waals surface area contributed by atoms with Gasteiger partial charge < -0.3 is 19.2 Å². The zero-order valence-electron chi connectivity index (χ0n) is 19.3. The second-order valence-electron chi connectivity index (χ2n) is 7.96. The molecule has 0 atom stereocenters. The van der Waals surface area contributed by atoms with Crippen molar-refractivity contribution in [3.8, 4) is 11.5 Å². The van der Waals surface area contributed by atoms with Crippen molar-refractivity contribution in [2.75, 3.05) is 19.0 Å². The predicted molar refractivity (Wildman–Crippen MR) is 127 cm³/mol. The summed E-state index contributed by atoms with van der Waals surface area (Å²) in [5.74, 6) is 1.97. The molecule has 0 radical (unpaired) electrons. The number of aryl methyl sites for hydroxylation is 1. The third-order valence-electron chi connectivity index (χ3n) is 4.89. The summed E-state index contributed by atoms with van der Waals surface area (Å²) in [5.41, 5.74) is 1.94. The Bertz CT molecular complexity index is 1090. The van der Waals surface area contributed by atoms with Crippen LogP contribution in [0.4, 0.5) is 5.13 Å². The molecule has 0 aliphatic carbocycles. The first kappa shape index (κ1) is 24.3. The highest BCUT2D eigenvalue weighted by atomic mass is 32.1. The molecule has 0 aliphatic heterocycles. The van der Waals surface area contributed by atoms with Gasteiger partial charge >= 0.3 is 0 Å². The Morgan fingerprint density at radius 3 is 2.73 bits per heavy atom. The third-order valence-corrected chi connectivity index (χ3v) is 5.69. The molecule has 2 N–H and O–H groups in total. The second kappa shape index (κ2) is 11.5. The molecular formula is C24H29N3O5S. The Morgan fingerprint density at radius 2 is 2.03 bits per heavy atom. The van der Waals surface area contributed by atoms with E-state index in [1.165, 1.54) is 17.6 Å². The van der Waals surface area contributed by atoms with E-state index in [0.29, 0.717) is 52.7 Å². The van der Waals surface area contributed by atoms with E-state index in [2.05, 4.69) is 29.5 Å². The number of rotatable bonds is 11. The van der Waals surface area contributed by atoms with E-state index in [1.807, 2.05) is 18.2 Å². The Hall–Kier alpha value is -3.33. The highest BCUT2D eigenvalue weighted by Crippen LogP contribution is 2.28. The van der Waals surface area contributed by atoms with Crippen LogP contribution in [0.1, 0.15) is 47.6 Å². The average Bonchev–Trinajstić information content (AvgIpc) is 3.41. The maximum absolute atomic E-state index is 12.4. The lowest BCUT2D eigenvalue weighted by Gasteiger charge is -2.13. The molecule has 0 saturated carbocycles. The number of aromatic nitrogens is 1. The van der Waals surface area contributed by atoms with Crippen LogP contribution in [-0.2, 0) is 17.8 Å². The van der Waals surface area contributed by atoms with E-state index >= 15 is 0 Å². The van der Waals surface area contributed by atoms with Gasteiger partial charge in [0, 0.05) is 11.9 Å². The molecule has 0 saturated heterocycles. The van der Waals surface area contributed by atoms with Crippen LogP contribution >= 0.6 is 11.3 Å². The fourth-order valence-corrected chi connectivity index (χ4v) is 3.71. The maximum atomic E-state index is 12.4. The van der Waals surface area contributed by atoms with Crippen molar-refractivity contribution in [3.63, 3.8) is 0 Å². The maximum Gasteiger partial charge on any atom is 0.260 e. The quantitative estimate of drug-likeness (QED) is 0.424. The summed E-state index contributed by atoms with van der Waals surface area (Å²) in [4.78, 5) is 28.9. The van der Waals surface area contributed by atoms with Crippen molar-refractivity contribution in [1.82, 2.24) is 10.3 Å². The van der Waals surface area contributed by atoms with Crippen LogP contribution in [0.15, 0.2) is 40.3 Å². The Kier molecular flexibility index (Phi) is 8.48. The minimum absolute atomic E-state index is 0.116. The first-order valence-corrected chi connectivity index (χ1v) is 11.6. The molecule has 3 rings (SSSR count). The van der Waals surface area contributed by atoms with Gasteiger partial charge in [0.1, 0.15) is 5.76 Å². The monoisotopic (exact) mass is 471 g/mol. The summed E-state index contributed by atoms with van der Waals surface area (Å²) in [6.07, 6.45) is 2.54. The number of carbonyl (C=O) groups is 2. The topological polar surface area (TPSA) is 103 Å². The van der Waals surface area contributed by atoms with Crippen molar-refractivity contribution in [1.29, 1.82) is 0 Å². The van der Waals surface area contributed by atoms with E-state index in [1.54, 1.807) is 25.5 Å². The number of anilines is 1. The molecule has 9 heteroatoms. The normalized spacial score (nSPS) is 10.8. The van der Waals surface area contributed by atoms with Crippen LogP contribution in [0, 0.1) is 12.8 Å². The van der Waals surface area contributed by atoms with Gasteiger partial charge in [-0.05, 0) is 43.0 Å². The summed E-state index contributed by atoms with van der Waals surface area (Å²) in [6.45, 7) is 7.00. The molecule has 0 fully saturated rings. The SMILES string of the molecule is COc1cc(CNC(=O)Cc2csc(NC(=O)c3ccoc3C)n2)ccc1OCCC(C)C. The third kappa shape index (κ3) is 7.08. The Labute approximate surface area is 197 Å². The average molecular weight is 472 g/mol. The lowest BCUT2D eigenvalue weighted by atomic mass is 10.1. The number of hydrogen-bond donors (Lipinski definition) is 2. The van der Waals surface area contributed by atoms with Gasteiger partial charge in [-0.1, -0.05) is 19.9 Å². The number of amides is 2. The van der Waals surface area contributed by atoms with E-state index in [0.717, 1.165) is 12.0 Å². The summed E-state index contributed by atoms with van der Waals surface area (Å²) in [7, 11) is 1.60. The molecule has 0 spiro atoms. The van der Waals surface area contributed by atoms with Gasteiger partial charge in [0.15, 0.2) is 16.6 Å². The number of methoxy groups -OCH3 is 1. The van der Waals surface area contributed by atoms with Gasteiger partial charge in [-0.25, -0.2) is 4.98 Å². The zero-order chi connectivity index (χ0) is 23.8. The minimum Gasteiger partial charge on any atom is -0.493 e. The number of hydrogen-bond acceptors (Lipinski definition) is 7. The van der Waals surface area contributed by atoms with E-state index in [9.17, 15) is 9.59 Å². The minimum atomic E-state index is -0.294. The van der Waals surface area contributed by atoms with Gasteiger partial charge in [0.25, 0.3) is 5.91 Å². The Morgan fingerprint density at radius 1 is 1.21 bits per heavy atom. The number of thiazole rings is 1. The van der Waals surface area contributed by atoms with E-state index < -0.39 is 0 Å². The zero-order valence-corrected chi connectivity index (χ0v) is 20.1. The molecule has 2 aromatic heterocycles. The van der Waals surface area contributed by atoms with Gasteiger partial charge in [0.2, 0.25) is 5.91 Å².